The number of anilines is 2. The summed E-state index contributed by atoms with van der Waals surface area (Å²) in [5.41, 5.74) is 16.8. The molecule has 0 saturated heterocycles. The van der Waals surface area contributed by atoms with Crippen LogP contribution >= 0.6 is 11.6 Å². The smallest absolute Gasteiger partial charge is 0.302 e. The number of halogens is 1. The maximum atomic E-state index is 11.7. The molecule has 1 aromatic heterocycles. The fourth-order valence-electron chi connectivity index (χ4n) is 1.86. The van der Waals surface area contributed by atoms with Gasteiger partial charge in [-0.25, -0.2) is 9.97 Å². The number of benzene rings is 1. The Hall–Kier alpha value is -3.07. The Labute approximate surface area is 142 Å². The van der Waals surface area contributed by atoms with Crippen LogP contribution in [-0.2, 0) is 6.42 Å². The Morgan fingerprint density at radius 1 is 1.25 bits per heavy atom. The lowest BCUT2D eigenvalue weighted by molar-refractivity contribution is 0.0998. The molecular weight excluding hydrogens is 334 g/mol. The average molecular weight is 350 g/mol. The van der Waals surface area contributed by atoms with Crippen LogP contribution in [-0.4, -0.2) is 33.5 Å². The molecule has 1 heterocycles. The molecule has 0 fully saturated rings. The van der Waals surface area contributed by atoms with Crippen molar-refractivity contribution in [2.24, 2.45) is 16.5 Å². The maximum Gasteiger partial charge on any atom is 0.302 e. The Balaban J connectivity index is 2.06. The Morgan fingerprint density at radius 3 is 2.54 bits per heavy atom. The van der Waals surface area contributed by atoms with E-state index < -0.39 is 11.9 Å². The predicted molar refractivity (Wildman–Crippen MR) is 91.9 cm³/mol. The molecule has 0 aliphatic carbocycles. The molecule has 1 amide bonds. The highest BCUT2D eigenvalue weighted by atomic mass is 35.5. The number of guanidine groups is 1. The highest BCUT2D eigenvalue weighted by Gasteiger charge is 2.16. The fourth-order valence-corrected chi connectivity index (χ4v) is 2.05. The lowest BCUT2D eigenvalue weighted by Gasteiger charge is -2.09. The van der Waals surface area contributed by atoms with Crippen LogP contribution in [0, 0.1) is 0 Å². The Kier molecular flexibility index (Phi) is 5.38. The number of aliphatic imine (C=N–C) groups is 1. The number of nitrogens with one attached hydrogen (secondary N) is 1. The third kappa shape index (κ3) is 4.46. The second-order valence-corrected chi connectivity index (χ2v) is 5.14. The number of aromatic nitrogens is 2. The van der Waals surface area contributed by atoms with Gasteiger partial charge in [-0.15, -0.1) is 0 Å². The average Bonchev–Trinajstić information content (AvgIpc) is 2.51. The summed E-state index contributed by atoms with van der Waals surface area (Å²) >= 11 is 6.00. The minimum Gasteiger partial charge on any atom is -0.508 e. The predicted octanol–water partition coefficient (Wildman–Crippen LogP) is 0.486. The number of rotatable bonds is 5. The van der Waals surface area contributed by atoms with Gasteiger partial charge in [-0.1, -0.05) is 23.7 Å². The van der Waals surface area contributed by atoms with E-state index in [4.69, 9.17) is 28.8 Å². The monoisotopic (exact) mass is 349 g/mol. The van der Waals surface area contributed by atoms with Crippen LogP contribution in [0.25, 0.3) is 0 Å². The third-order valence-electron chi connectivity index (χ3n) is 2.96. The summed E-state index contributed by atoms with van der Waals surface area (Å²) in [5, 5.41) is 12.2. The zero-order valence-electron chi connectivity index (χ0n) is 12.5. The van der Waals surface area contributed by atoms with E-state index in [9.17, 15) is 9.90 Å². The molecule has 9 nitrogen and oxygen atoms in total. The van der Waals surface area contributed by atoms with Crippen molar-refractivity contribution in [1.82, 2.24) is 9.97 Å². The number of nitrogen functional groups attached to an aromatic ring is 1. The third-order valence-corrected chi connectivity index (χ3v) is 3.22. The van der Waals surface area contributed by atoms with Gasteiger partial charge in [0.15, 0.2) is 28.4 Å². The SMILES string of the molecule is NC(N)=NC(=O)c1nc(Cl)c(NCCc2ccc(O)cc2)nc1N. The van der Waals surface area contributed by atoms with Gasteiger partial charge >= 0.3 is 5.91 Å². The summed E-state index contributed by atoms with van der Waals surface area (Å²) in [6, 6.07) is 6.81. The normalized spacial score (nSPS) is 10.2. The zero-order valence-corrected chi connectivity index (χ0v) is 13.3. The Bertz CT molecular complexity index is 773. The van der Waals surface area contributed by atoms with E-state index in [2.05, 4.69) is 20.3 Å². The molecule has 8 N–H and O–H groups in total. The highest BCUT2D eigenvalue weighted by Crippen LogP contribution is 2.21. The van der Waals surface area contributed by atoms with Crippen molar-refractivity contribution in [2.45, 2.75) is 6.42 Å². The van der Waals surface area contributed by atoms with E-state index >= 15 is 0 Å². The van der Waals surface area contributed by atoms with Gasteiger partial charge in [-0.2, -0.15) is 4.99 Å². The minimum absolute atomic E-state index is 0.0240. The number of amides is 1. The number of hydrogen-bond donors (Lipinski definition) is 5. The summed E-state index contributed by atoms with van der Waals surface area (Å²) < 4.78 is 0. The maximum absolute atomic E-state index is 11.7. The van der Waals surface area contributed by atoms with Crippen molar-refractivity contribution in [3.8, 4) is 5.75 Å². The van der Waals surface area contributed by atoms with Gasteiger partial charge < -0.3 is 27.6 Å². The van der Waals surface area contributed by atoms with Crippen molar-refractivity contribution in [2.75, 3.05) is 17.6 Å². The van der Waals surface area contributed by atoms with Crippen LogP contribution in [0.1, 0.15) is 16.1 Å². The van der Waals surface area contributed by atoms with Crippen LogP contribution in [0.4, 0.5) is 11.6 Å². The first-order valence-corrected chi connectivity index (χ1v) is 7.23. The van der Waals surface area contributed by atoms with Crippen molar-refractivity contribution in [3.05, 3.63) is 40.7 Å². The van der Waals surface area contributed by atoms with Crippen LogP contribution in [0.2, 0.25) is 5.15 Å². The number of carbonyl (C=O) groups is 1. The van der Waals surface area contributed by atoms with Crippen LogP contribution in [0.5, 0.6) is 5.75 Å². The van der Waals surface area contributed by atoms with Gasteiger partial charge in [-0.05, 0) is 24.1 Å². The van der Waals surface area contributed by atoms with Crippen LogP contribution < -0.4 is 22.5 Å². The van der Waals surface area contributed by atoms with Crippen molar-refractivity contribution >= 4 is 35.1 Å². The molecule has 126 valence electrons. The molecule has 24 heavy (non-hydrogen) atoms. The fraction of sp³-hybridized carbons (Fsp3) is 0.143. The summed E-state index contributed by atoms with van der Waals surface area (Å²) in [5.74, 6) is -0.920. The second kappa shape index (κ2) is 7.47. The van der Waals surface area contributed by atoms with Crippen LogP contribution in [0.3, 0.4) is 0 Å². The van der Waals surface area contributed by atoms with Gasteiger partial charge in [0.1, 0.15) is 5.75 Å². The molecule has 0 saturated carbocycles. The van der Waals surface area contributed by atoms with Gasteiger partial charge in [0.2, 0.25) is 0 Å². The number of hydrogen-bond acceptors (Lipinski definition) is 6. The molecule has 0 aliphatic heterocycles. The van der Waals surface area contributed by atoms with Crippen molar-refractivity contribution in [1.29, 1.82) is 0 Å². The van der Waals surface area contributed by atoms with Crippen molar-refractivity contribution < 1.29 is 9.90 Å². The first-order chi connectivity index (χ1) is 11.4. The highest BCUT2D eigenvalue weighted by molar-refractivity contribution is 6.32. The van der Waals surface area contributed by atoms with E-state index in [1.807, 2.05) is 0 Å². The number of phenols is 1. The summed E-state index contributed by atoms with van der Waals surface area (Å²) in [7, 11) is 0. The number of nitrogens with two attached hydrogens (primary N) is 3. The number of aromatic hydroxyl groups is 1. The first-order valence-electron chi connectivity index (χ1n) is 6.85. The van der Waals surface area contributed by atoms with Gasteiger partial charge in [0.05, 0.1) is 0 Å². The molecule has 0 radical (unpaired) electrons. The molecule has 0 spiro atoms. The molecule has 0 atom stereocenters. The molecule has 2 rings (SSSR count). The lowest BCUT2D eigenvalue weighted by atomic mass is 10.1. The van der Waals surface area contributed by atoms with Crippen molar-refractivity contribution in [3.63, 3.8) is 0 Å². The van der Waals surface area contributed by atoms with Crippen LogP contribution in [0.15, 0.2) is 29.3 Å². The summed E-state index contributed by atoms with van der Waals surface area (Å²) in [6.45, 7) is 0.500. The summed E-state index contributed by atoms with van der Waals surface area (Å²) in [6.07, 6.45) is 0.660. The zero-order chi connectivity index (χ0) is 17.7. The van der Waals surface area contributed by atoms with Gasteiger partial charge in [0, 0.05) is 6.54 Å². The van der Waals surface area contributed by atoms with E-state index in [1.54, 1.807) is 24.3 Å². The molecule has 0 bridgehead atoms. The molecule has 0 aliphatic rings. The minimum atomic E-state index is -0.822. The first kappa shape index (κ1) is 17.3. The molecule has 10 heteroatoms. The number of nitrogens with zero attached hydrogens (tertiary/aromatic N) is 3. The topological polar surface area (TPSA) is 166 Å². The van der Waals surface area contributed by atoms with E-state index in [0.717, 1.165) is 5.56 Å². The summed E-state index contributed by atoms with van der Waals surface area (Å²) in [4.78, 5) is 23.0. The van der Waals surface area contributed by atoms with E-state index in [1.165, 1.54) is 0 Å². The van der Waals surface area contributed by atoms with Gasteiger partial charge in [0.25, 0.3) is 0 Å². The number of carbonyl (C=O) groups excluding carboxylic acids is 1. The van der Waals surface area contributed by atoms with E-state index in [-0.39, 0.29) is 28.2 Å². The van der Waals surface area contributed by atoms with E-state index in [0.29, 0.717) is 13.0 Å². The second-order valence-electron chi connectivity index (χ2n) is 4.78. The van der Waals surface area contributed by atoms with Gasteiger partial charge in [-0.3, -0.25) is 4.79 Å². The molecule has 1 aromatic carbocycles. The Morgan fingerprint density at radius 2 is 1.92 bits per heavy atom. The number of phenolic OH excluding ortho intramolecular Hbond substituents is 1. The molecule has 2 aromatic rings. The quantitative estimate of drug-likeness (QED) is 0.384. The molecular formula is C14H16ClN7O2. The lowest BCUT2D eigenvalue weighted by Crippen LogP contribution is -2.25. The molecule has 0 unspecified atom stereocenters. The standard InChI is InChI=1S/C14H16ClN7O2/c15-10-12(19-6-5-7-1-3-8(23)4-2-7)21-11(16)9(20-10)13(24)22-14(17)18/h1-4,23H,5-6H2,(H3,16,19,21)(H4,17,18,22,24). The largest absolute Gasteiger partial charge is 0.508 e.